The SMILES string of the molecule is C[C@H](OC(=O)c1csc(-c2ccc(F)cc2)n1)C(N)=O. The van der Waals surface area contributed by atoms with Crippen molar-refractivity contribution < 1.29 is 18.7 Å². The summed E-state index contributed by atoms with van der Waals surface area (Å²) in [5, 5.41) is 2.07. The summed E-state index contributed by atoms with van der Waals surface area (Å²) in [6.07, 6.45) is -1.02. The van der Waals surface area contributed by atoms with Crippen molar-refractivity contribution in [3.8, 4) is 10.6 Å². The Labute approximate surface area is 118 Å². The van der Waals surface area contributed by atoms with E-state index in [0.717, 1.165) is 0 Å². The molecule has 0 bridgehead atoms. The molecule has 1 amide bonds. The van der Waals surface area contributed by atoms with E-state index in [1.165, 1.54) is 35.8 Å². The van der Waals surface area contributed by atoms with Gasteiger partial charge in [-0.2, -0.15) is 0 Å². The molecule has 2 N–H and O–H groups in total. The van der Waals surface area contributed by atoms with Gasteiger partial charge < -0.3 is 10.5 Å². The van der Waals surface area contributed by atoms with Crippen molar-refractivity contribution in [1.29, 1.82) is 0 Å². The van der Waals surface area contributed by atoms with Gasteiger partial charge in [0.25, 0.3) is 5.91 Å². The molecule has 0 aliphatic carbocycles. The zero-order valence-electron chi connectivity index (χ0n) is 10.5. The Hall–Kier alpha value is -2.28. The van der Waals surface area contributed by atoms with Crippen molar-refractivity contribution in [2.24, 2.45) is 5.73 Å². The lowest BCUT2D eigenvalue weighted by Crippen LogP contribution is -2.30. The molecule has 0 radical (unpaired) electrons. The van der Waals surface area contributed by atoms with E-state index in [-0.39, 0.29) is 11.5 Å². The van der Waals surface area contributed by atoms with Gasteiger partial charge >= 0.3 is 5.97 Å². The lowest BCUT2D eigenvalue weighted by atomic mass is 10.2. The average molecular weight is 294 g/mol. The monoisotopic (exact) mass is 294 g/mol. The minimum Gasteiger partial charge on any atom is -0.448 e. The maximum Gasteiger partial charge on any atom is 0.358 e. The molecule has 0 aliphatic heterocycles. The molecule has 0 unspecified atom stereocenters. The number of ether oxygens (including phenoxy) is 1. The lowest BCUT2D eigenvalue weighted by molar-refractivity contribution is -0.125. The molecule has 1 aromatic carbocycles. The number of carbonyl (C=O) groups excluding carboxylic acids is 2. The Bertz CT molecular complexity index is 639. The Morgan fingerprint density at radius 3 is 2.60 bits per heavy atom. The average Bonchev–Trinajstić information content (AvgIpc) is 2.89. The van der Waals surface area contributed by atoms with Crippen molar-refractivity contribution in [2.75, 3.05) is 0 Å². The van der Waals surface area contributed by atoms with E-state index >= 15 is 0 Å². The maximum absolute atomic E-state index is 12.8. The van der Waals surface area contributed by atoms with E-state index in [4.69, 9.17) is 10.5 Å². The molecule has 0 fully saturated rings. The standard InChI is InChI=1S/C13H11FN2O3S/c1-7(11(15)17)19-13(18)10-6-20-12(16-10)8-2-4-9(14)5-3-8/h2-7H,1H3,(H2,15,17)/t7-/m0/s1. The van der Waals surface area contributed by atoms with E-state index in [2.05, 4.69) is 4.98 Å². The number of carbonyl (C=O) groups is 2. The number of nitrogens with two attached hydrogens (primary N) is 1. The van der Waals surface area contributed by atoms with E-state index in [1.54, 1.807) is 12.1 Å². The molecule has 104 valence electrons. The molecule has 0 saturated heterocycles. The second-order valence-electron chi connectivity index (χ2n) is 3.99. The minimum atomic E-state index is -1.02. The number of benzene rings is 1. The van der Waals surface area contributed by atoms with Crippen LogP contribution in [0.2, 0.25) is 0 Å². The molecule has 0 aliphatic rings. The maximum atomic E-state index is 12.8. The number of nitrogens with zero attached hydrogens (tertiary/aromatic N) is 1. The van der Waals surface area contributed by atoms with Gasteiger partial charge in [-0.3, -0.25) is 4.79 Å². The summed E-state index contributed by atoms with van der Waals surface area (Å²) in [5.74, 6) is -1.80. The summed E-state index contributed by atoms with van der Waals surface area (Å²) in [5.41, 5.74) is 5.78. The first-order chi connectivity index (χ1) is 9.47. The first-order valence-corrected chi connectivity index (χ1v) is 6.57. The predicted molar refractivity (Wildman–Crippen MR) is 71.6 cm³/mol. The van der Waals surface area contributed by atoms with Gasteiger partial charge in [-0.05, 0) is 31.2 Å². The summed E-state index contributed by atoms with van der Waals surface area (Å²) in [4.78, 5) is 26.6. The van der Waals surface area contributed by atoms with Crippen molar-refractivity contribution >= 4 is 23.2 Å². The number of esters is 1. The summed E-state index contributed by atoms with van der Waals surface area (Å²) < 4.78 is 17.7. The normalized spacial score (nSPS) is 11.9. The third-order valence-electron chi connectivity index (χ3n) is 2.49. The second-order valence-corrected chi connectivity index (χ2v) is 4.85. The van der Waals surface area contributed by atoms with Crippen LogP contribution in [0.1, 0.15) is 17.4 Å². The summed E-state index contributed by atoms with van der Waals surface area (Å²) in [7, 11) is 0. The summed E-state index contributed by atoms with van der Waals surface area (Å²) in [6.45, 7) is 1.38. The largest absolute Gasteiger partial charge is 0.448 e. The number of amides is 1. The van der Waals surface area contributed by atoms with Crippen molar-refractivity contribution in [1.82, 2.24) is 4.98 Å². The van der Waals surface area contributed by atoms with Crippen LogP contribution in [0.3, 0.4) is 0 Å². The smallest absolute Gasteiger partial charge is 0.358 e. The molecule has 0 spiro atoms. The molecule has 20 heavy (non-hydrogen) atoms. The molecule has 2 aromatic rings. The fourth-order valence-corrected chi connectivity index (χ4v) is 2.17. The number of hydrogen-bond donors (Lipinski definition) is 1. The Morgan fingerprint density at radius 1 is 1.35 bits per heavy atom. The fourth-order valence-electron chi connectivity index (χ4n) is 1.37. The van der Waals surface area contributed by atoms with E-state index in [1.807, 2.05) is 0 Å². The van der Waals surface area contributed by atoms with Gasteiger partial charge in [0.2, 0.25) is 0 Å². The first-order valence-electron chi connectivity index (χ1n) is 5.69. The Balaban J connectivity index is 2.14. The van der Waals surface area contributed by atoms with E-state index in [0.29, 0.717) is 10.6 Å². The van der Waals surface area contributed by atoms with Gasteiger partial charge in [0.1, 0.15) is 10.8 Å². The molecule has 5 nitrogen and oxygen atoms in total. The molecular formula is C13H11FN2O3S. The van der Waals surface area contributed by atoms with Crippen LogP contribution in [0.4, 0.5) is 4.39 Å². The topological polar surface area (TPSA) is 82.3 Å². The third kappa shape index (κ3) is 3.18. The number of primary amides is 1. The van der Waals surface area contributed by atoms with Crippen molar-refractivity contribution in [2.45, 2.75) is 13.0 Å². The molecular weight excluding hydrogens is 283 g/mol. The fraction of sp³-hybridized carbons (Fsp3) is 0.154. The van der Waals surface area contributed by atoms with Gasteiger partial charge in [0.15, 0.2) is 11.8 Å². The zero-order valence-corrected chi connectivity index (χ0v) is 11.3. The van der Waals surface area contributed by atoms with Crippen LogP contribution in [0.5, 0.6) is 0 Å². The van der Waals surface area contributed by atoms with Crippen LogP contribution in [-0.4, -0.2) is 23.0 Å². The van der Waals surface area contributed by atoms with Gasteiger partial charge in [-0.25, -0.2) is 14.2 Å². The summed E-state index contributed by atoms with van der Waals surface area (Å²) >= 11 is 1.22. The molecule has 1 atom stereocenters. The van der Waals surface area contributed by atoms with E-state index in [9.17, 15) is 14.0 Å². The second kappa shape index (κ2) is 5.79. The van der Waals surface area contributed by atoms with Gasteiger partial charge in [0, 0.05) is 10.9 Å². The number of hydrogen-bond acceptors (Lipinski definition) is 5. The minimum absolute atomic E-state index is 0.0856. The van der Waals surface area contributed by atoms with E-state index < -0.39 is 18.0 Å². The number of thiazole rings is 1. The molecule has 7 heteroatoms. The number of rotatable bonds is 4. The van der Waals surface area contributed by atoms with Crippen LogP contribution < -0.4 is 5.73 Å². The van der Waals surface area contributed by atoms with Crippen LogP contribution in [0.15, 0.2) is 29.6 Å². The number of aromatic nitrogens is 1. The molecule has 0 saturated carbocycles. The van der Waals surface area contributed by atoms with Crippen LogP contribution >= 0.6 is 11.3 Å². The first kappa shape index (κ1) is 14.1. The highest BCUT2D eigenvalue weighted by molar-refractivity contribution is 7.13. The number of halogens is 1. The Morgan fingerprint density at radius 2 is 2.00 bits per heavy atom. The van der Waals surface area contributed by atoms with Crippen LogP contribution in [0.25, 0.3) is 10.6 Å². The van der Waals surface area contributed by atoms with Crippen LogP contribution in [0, 0.1) is 5.82 Å². The highest BCUT2D eigenvalue weighted by Crippen LogP contribution is 2.24. The molecule has 1 aromatic heterocycles. The Kier molecular flexibility index (Phi) is 4.09. The third-order valence-corrected chi connectivity index (χ3v) is 3.38. The van der Waals surface area contributed by atoms with Gasteiger partial charge in [0.05, 0.1) is 0 Å². The zero-order chi connectivity index (χ0) is 14.7. The van der Waals surface area contributed by atoms with Gasteiger partial charge in [-0.1, -0.05) is 0 Å². The van der Waals surface area contributed by atoms with Gasteiger partial charge in [-0.15, -0.1) is 11.3 Å². The molecule has 2 rings (SSSR count). The van der Waals surface area contributed by atoms with Crippen molar-refractivity contribution in [3.63, 3.8) is 0 Å². The quantitative estimate of drug-likeness (QED) is 0.874. The highest BCUT2D eigenvalue weighted by Gasteiger charge is 2.19. The predicted octanol–water partition coefficient (Wildman–Crippen LogP) is 1.98. The van der Waals surface area contributed by atoms with Crippen LogP contribution in [-0.2, 0) is 9.53 Å². The molecule has 1 heterocycles. The lowest BCUT2D eigenvalue weighted by Gasteiger charge is -2.07. The summed E-state index contributed by atoms with van der Waals surface area (Å²) in [6, 6.07) is 5.75. The highest BCUT2D eigenvalue weighted by atomic mass is 32.1. The van der Waals surface area contributed by atoms with Crippen molar-refractivity contribution in [3.05, 3.63) is 41.2 Å².